The van der Waals surface area contributed by atoms with Gasteiger partial charge in [-0.15, -0.1) is 0 Å². The van der Waals surface area contributed by atoms with Crippen molar-refractivity contribution in [1.29, 1.82) is 0 Å². The molecule has 0 unspecified atom stereocenters. The normalized spacial score (nSPS) is 10.9. The Hall–Kier alpha value is -2.01. The molecule has 20 heavy (non-hydrogen) atoms. The van der Waals surface area contributed by atoms with Gasteiger partial charge in [-0.25, -0.2) is 9.37 Å². The zero-order chi connectivity index (χ0) is 14.1. The first-order chi connectivity index (χ1) is 9.65. The molecule has 0 amide bonds. The number of pyridine rings is 1. The SMILES string of the molecule is O=C(Cc1ccccc1F)c1c[nH]c2ncc(Br)cc12. The third kappa shape index (κ3) is 2.36. The summed E-state index contributed by atoms with van der Waals surface area (Å²) >= 11 is 3.33. The summed E-state index contributed by atoms with van der Waals surface area (Å²) in [5.74, 6) is -0.499. The van der Waals surface area contributed by atoms with E-state index in [1.54, 1.807) is 30.6 Å². The monoisotopic (exact) mass is 332 g/mol. The summed E-state index contributed by atoms with van der Waals surface area (Å²) < 4.78 is 14.4. The van der Waals surface area contributed by atoms with Gasteiger partial charge in [0.25, 0.3) is 0 Å². The minimum Gasteiger partial charge on any atom is -0.345 e. The van der Waals surface area contributed by atoms with Crippen molar-refractivity contribution in [2.45, 2.75) is 6.42 Å². The number of nitrogens with one attached hydrogen (secondary N) is 1. The summed E-state index contributed by atoms with van der Waals surface area (Å²) in [4.78, 5) is 19.5. The van der Waals surface area contributed by atoms with Crippen LogP contribution in [-0.2, 0) is 6.42 Å². The van der Waals surface area contributed by atoms with Crippen LogP contribution in [0.15, 0.2) is 47.2 Å². The van der Waals surface area contributed by atoms with Crippen LogP contribution in [0.2, 0.25) is 0 Å². The number of aromatic nitrogens is 2. The van der Waals surface area contributed by atoms with Gasteiger partial charge in [-0.2, -0.15) is 0 Å². The summed E-state index contributed by atoms with van der Waals surface area (Å²) in [6.45, 7) is 0. The first-order valence-electron chi connectivity index (χ1n) is 6.04. The second-order valence-electron chi connectivity index (χ2n) is 4.44. The highest BCUT2D eigenvalue weighted by atomic mass is 79.9. The number of halogens is 2. The number of carbonyl (C=O) groups excluding carboxylic acids is 1. The largest absolute Gasteiger partial charge is 0.345 e. The molecule has 0 aliphatic carbocycles. The van der Waals surface area contributed by atoms with Gasteiger partial charge in [-0.1, -0.05) is 18.2 Å². The lowest BCUT2D eigenvalue weighted by Crippen LogP contribution is -2.04. The van der Waals surface area contributed by atoms with Crippen molar-refractivity contribution in [2.24, 2.45) is 0 Å². The molecule has 3 aromatic rings. The number of nitrogens with zero attached hydrogens (tertiary/aromatic N) is 1. The number of hydrogen-bond acceptors (Lipinski definition) is 2. The van der Waals surface area contributed by atoms with E-state index in [4.69, 9.17) is 0 Å². The Balaban J connectivity index is 1.97. The van der Waals surface area contributed by atoms with Crippen molar-refractivity contribution in [2.75, 3.05) is 0 Å². The molecule has 3 nitrogen and oxygen atoms in total. The number of Topliss-reactive ketones (excluding diaryl/α,β-unsaturated/α-hetero) is 1. The molecule has 5 heteroatoms. The molecule has 0 fully saturated rings. The van der Waals surface area contributed by atoms with Gasteiger partial charge in [-0.3, -0.25) is 4.79 Å². The van der Waals surface area contributed by atoms with Gasteiger partial charge in [0.2, 0.25) is 0 Å². The lowest BCUT2D eigenvalue weighted by Gasteiger charge is -2.02. The highest BCUT2D eigenvalue weighted by Gasteiger charge is 2.15. The molecule has 0 spiro atoms. The van der Waals surface area contributed by atoms with Crippen LogP contribution in [0, 0.1) is 5.82 Å². The fraction of sp³-hybridized carbons (Fsp3) is 0.0667. The predicted molar refractivity (Wildman–Crippen MR) is 78.2 cm³/mol. The first-order valence-corrected chi connectivity index (χ1v) is 6.83. The quantitative estimate of drug-likeness (QED) is 0.739. The molecule has 0 radical (unpaired) electrons. The number of ketones is 1. The molecule has 1 aromatic carbocycles. The van der Waals surface area contributed by atoms with Crippen molar-refractivity contribution >= 4 is 32.7 Å². The van der Waals surface area contributed by atoms with Crippen LogP contribution >= 0.6 is 15.9 Å². The molecule has 0 saturated heterocycles. The summed E-state index contributed by atoms with van der Waals surface area (Å²) in [5.41, 5.74) is 1.57. The molecule has 3 rings (SSSR count). The van der Waals surface area contributed by atoms with Crippen molar-refractivity contribution in [3.05, 3.63) is 64.1 Å². The third-order valence-electron chi connectivity index (χ3n) is 3.11. The molecule has 1 N–H and O–H groups in total. The number of H-pyrrole nitrogens is 1. The van der Waals surface area contributed by atoms with E-state index in [1.807, 2.05) is 6.07 Å². The van der Waals surface area contributed by atoms with Gasteiger partial charge in [-0.05, 0) is 33.6 Å². The van der Waals surface area contributed by atoms with Gasteiger partial charge in [0.1, 0.15) is 11.5 Å². The number of carbonyl (C=O) groups is 1. The van der Waals surface area contributed by atoms with E-state index in [0.29, 0.717) is 16.8 Å². The van der Waals surface area contributed by atoms with E-state index in [0.717, 1.165) is 9.86 Å². The van der Waals surface area contributed by atoms with E-state index < -0.39 is 0 Å². The lowest BCUT2D eigenvalue weighted by molar-refractivity contribution is 0.0993. The average molecular weight is 333 g/mol. The van der Waals surface area contributed by atoms with Gasteiger partial charge < -0.3 is 4.98 Å². The van der Waals surface area contributed by atoms with Crippen LogP contribution in [0.1, 0.15) is 15.9 Å². The van der Waals surface area contributed by atoms with Crippen molar-refractivity contribution < 1.29 is 9.18 Å². The molecule has 2 heterocycles. The number of rotatable bonds is 3. The van der Waals surface area contributed by atoms with E-state index in [-0.39, 0.29) is 18.0 Å². The highest BCUT2D eigenvalue weighted by Crippen LogP contribution is 2.22. The van der Waals surface area contributed by atoms with E-state index in [9.17, 15) is 9.18 Å². The minimum absolute atomic E-state index is 0.0339. The summed E-state index contributed by atoms with van der Waals surface area (Å²) in [5, 5.41) is 0.737. The van der Waals surface area contributed by atoms with Crippen LogP contribution in [0.3, 0.4) is 0 Å². The molecule has 0 atom stereocenters. The Morgan fingerprint density at radius 3 is 2.95 bits per heavy atom. The Morgan fingerprint density at radius 2 is 2.15 bits per heavy atom. The standard InChI is InChI=1S/C15H10BrFN2O/c16-10-6-11-12(8-19-15(11)18-7-10)14(20)5-9-3-1-2-4-13(9)17/h1-4,6-8H,5H2,(H,18,19). The Kier molecular flexibility index (Phi) is 3.36. The van der Waals surface area contributed by atoms with Gasteiger partial charge in [0.05, 0.1) is 0 Å². The lowest BCUT2D eigenvalue weighted by atomic mass is 10.0. The predicted octanol–water partition coefficient (Wildman–Crippen LogP) is 3.89. The second-order valence-corrected chi connectivity index (χ2v) is 5.36. The molecule has 0 saturated carbocycles. The summed E-state index contributed by atoms with van der Waals surface area (Å²) in [6, 6.07) is 8.13. The first kappa shape index (κ1) is 13.0. The van der Waals surface area contributed by atoms with Crippen molar-refractivity contribution in [3.8, 4) is 0 Å². The number of aromatic amines is 1. The van der Waals surface area contributed by atoms with Crippen molar-refractivity contribution in [1.82, 2.24) is 9.97 Å². The second kappa shape index (κ2) is 5.17. The maximum absolute atomic E-state index is 13.6. The Labute approximate surface area is 123 Å². The van der Waals surface area contributed by atoms with Gasteiger partial charge >= 0.3 is 0 Å². The molecule has 0 aliphatic heterocycles. The van der Waals surface area contributed by atoms with Crippen molar-refractivity contribution in [3.63, 3.8) is 0 Å². The fourth-order valence-corrected chi connectivity index (χ4v) is 2.45. The fourth-order valence-electron chi connectivity index (χ4n) is 2.12. The minimum atomic E-state index is -0.361. The zero-order valence-corrected chi connectivity index (χ0v) is 11.9. The van der Waals surface area contributed by atoms with Crippen LogP contribution < -0.4 is 0 Å². The molecule has 0 aliphatic rings. The molecule has 100 valence electrons. The summed E-state index contributed by atoms with van der Waals surface area (Å²) in [7, 11) is 0. The van der Waals surface area contributed by atoms with E-state index in [1.165, 1.54) is 6.07 Å². The van der Waals surface area contributed by atoms with E-state index >= 15 is 0 Å². The number of hydrogen-bond donors (Lipinski definition) is 1. The average Bonchev–Trinajstić information content (AvgIpc) is 2.84. The Bertz CT molecular complexity index is 797. The van der Waals surface area contributed by atoms with E-state index in [2.05, 4.69) is 25.9 Å². The van der Waals surface area contributed by atoms with Gasteiger partial charge in [0.15, 0.2) is 5.78 Å². The van der Waals surface area contributed by atoms with Crippen LogP contribution in [0.5, 0.6) is 0 Å². The Morgan fingerprint density at radius 1 is 1.35 bits per heavy atom. The summed E-state index contributed by atoms with van der Waals surface area (Å²) in [6.07, 6.45) is 3.31. The topological polar surface area (TPSA) is 45.8 Å². The highest BCUT2D eigenvalue weighted by molar-refractivity contribution is 9.10. The number of fused-ring (bicyclic) bond motifs is 1. The van der Waals surface area contributed by atoms with Crippen LogP contribution in [-0.4, -0.2) is 15.8 Å². The van der Waals surface area contributed by atoms with Crippen LogP contribution in [0.4, 0.5) is 4.39 Å². The molecular weight excluding hydrogens is 323 g/mol. The number of benzene rings is 1. The zero-order valence-electron chi connectivity index (χ0n) is 10.4. The van der Waals surface area contributed by atoms with Gasteiger partial charge in [0, 0.05) is 34.2 Å². The maximum Gasteiger partial charge on any atom is 0.169 e. The smallest absolute Gasteiger partial charge is 0.169 e. The molecule has 2 aromatic heterocycles. The van der Waals surface area contributed by atoms with Crippen LogP contribution in [0.25, 0.3) is 11.0 Å². The third-order valence-corrected chi connectivity index (χ3v) is 3.54. The molecule has 0 bridgehead atoms. The maximum atomic E-state index is 13.6. The molecular formula is C15H10BrFN2O.